The number of nitrogens with one attached hydrogen (secondary N) is 1. The second-order valence-corrected chi connectivity index (χ2v) is 7.51. The molecule has 0 spiro atoms. The van der Waals surface area contributed by atoms with Gasteiger partial charge in [-0.25, -0.2) is 14.6 Å². The van der Waals surface area contributed by atoms with Crippen molar-refractivity contribution in [1.29, 1.82) is 0 Å². The molecule has 2 aromatic heterocycles. The van der Waals surface area contributed by atoms with E-state index in [1.165, 1.54) is 0 Å². The van der Waals surface area contributed by atoms with E-state index in [0.29, 0.717) is 18.9 Å². The van der Waals surface area contributed by atoms with Crippen molar-refractivity contribution < 1.29 is 13.2 Å². The summed E-state index contributed by atoms with van der Waals surface area (Å²) >= 11 is 0. The van der Waals surface area contributed by atoms with Crippen LogP contribution in [-0.4, -0.2) is 42.7 Å². The van der Waals surface area contributed by atoms with Crippen LogP contribution in [0.3, 0.4) is 0 Å². The van der Waals surface area contributed by atoms with Crippen LogP contribution in [-0.2, 0) is 18.3 Å². The zero-order chi connectivity index (χ0) is 18.2. The molecular weight excluding hydrogens is 333 g/mol. The molecule has 9 heteroatoms. The van der Waals surface area contributed by atoms with Crippen LogP contribution in [0.2, 0.25) is 0 Å². The Bertz CT molecular complexity index is 712. The molecule has 3 rings (SSSR count). The largest absolute Gasteiger partial charge is 0.432 e. The Hall–Kier alpha value is -1.90. The summed E-state index contributed by atoms with van der Waals surface area (Å²) in [5.74, 6) is 1.24. The maximum absolute atomic E-state index is 12.8. The number of rotatable bonds is 3. The second kappa shape index (κ2) is 6.44. The Balaban J connectivity index is 1.70. The Labute approximate surface area is 144 Å². The Morgan fingerprint density at radius 2 is 2.00 bits per heavy atom. The number of piperidine rings is 1. The predicted molar refractivity (Wildman–Crippen MR) is 85.9 cm³/mol. The van der Waals surface area contributed by atoms with Crippen LogP contribution in [0.1, 0.15) is 56.9 Å². The lowest BCUT2D eigenvalue weighted by atomic mass is 9.97. The quantitative estimate of drug-likeness (QED) is 0.918. The van der Waals surface area contributed by atoms with Crippen molar-refractivity contribution in [2.24, 2.45) is 0 Å². The van der Waals surface area contributed by atoms with Gasteiger partial charge in [0.1, 0.15) is 23.7 Å². The maximum Gasteiger partial charge on any atom is 0.432 e. The van der Waals surface area contributed by atoms with Crippen molar-refractivity contribution in [2.45, 2.75) is 57.8 Å². The van der Waals surface area contributed by atoms with Gasteiger partial charge in [-0.15, -0.1) is 0 Å². The zero-order valence-corrected chi connectivity index (χ0v) is 14.6. The van der Waals surface area contributed by atoms with Crippen molar-refractivity contribution >= 4 is 0 Å². The molecule has 1 aliphatic rings. The summed E-state index contributed by atoms with van der Waals surface area (Å²) in [6.07, 6.45) is -0.221. The number of hydrogen-bond acceptors (Lipinski definition) is 4. The van der Waals surface area contributed by atoms with E-state index in [9.17, 15) is 13.2 Å². The molecule has 1 unspecified atom stereocenters. The van der Waals surface area contributed by atoms with E-state index in [2.05, 4.69) is 45.7 Å². The van der Waals surface area contributed by atoms with Crippen molar-refractivity contribution in [1.82, 2.24) is 29.6 Å². The third-order valence-corrected chi connectivity index (χ3v) is 4.41. The SMILES string of the molecule is CC(C)(C)n1ncnc1CN1CCCC(c2ncc(C(F)(F)F)[nH]2)C1. The Morgan fingerprint density at radius 1 is 1.24 bits per heavy atom. The van der Waals surface area contributed by atoms with Crippen molar-refractivity contribution in [2.75, 3.05) is 13.1 Å². The predicted octanol–water partition coefficient (Wildman–Crippen LogP) is 3.15. The lowest BCUT2D eigenvalue weighted by Crippen LogP contribution is -2.36. The molecule has 1 atom stereocenters. The molecule has 1 saturated heterocycles. The monoisotopic (exact) mass is 356 g/mol. The molecule has 25 heavy (non-hydrogen) atoms. The summed E-state index contributed by atoms with van der Waals surface area (Å²) in [6, 6.07) is 0. The number of H-pyrrole nitrogens is 1. The van der Waals surface area contributed by atoms with Crippen LogP contribution in [0, 0.1) is 0 Å². The minimum atomic E-state index is -4.39. The normalized spacial score (nSPS) is 20.2. The summed E-state index contributed by atoms with van der Waals surface area (Å²) < 4.78 is 40.2. The highest BCUT2D eigenvalue weighted by molar-refractivity contribution is 5.10. The van der Waals surface area contributed by atoms with Gasteiger partial charge in [0.15, 0.2) is 0 Å². The van der Waals surface area contributed by atoms with Crippen LogP contribution in [0.5, 0.6) is 0 Å². The number of aromatic amines is 1. The number of alkyl halides is 3. The van der Waals surface area contributed by atoms with E-state index in [1.807, 2.05) is 4.68 Å². The molecule has 3 heterocycles. The minimum absolute atomic E-state index is 0.0316. The average molecular weight is 356 g/mol. The van der Waals surface area contributed by atoms with E-state index in [1.54, 1.807) is 6.33 Å². The van der Waals surface area contributed by atoms with Crippen molar-refractivity contribution in [3.05, 3.63) is 29.9 Å². The van der Waals surface area contributed by atoms with Gasteiger partial charge in [-0.2, -0.15) is 18.3 Å². The molecule has 1 N–H and O–H groups in total. The molecular formula is C16H23F3N6. The number of hydrogen-bond donors (Lipinski definition) is 1. The van der Waals surface area contributed by atoms with E-state index in [0.717, 1.165) is 31.4 Å². The minimum Gasteiger partial charge on any atom is -0.338 e. The highest BCUT2D eigenvalue weighted by atomic mass is 19.4. The highest BCUT2D eigenvalue weighted by Crippen LogP contribution is 2.31. The first-order valence-corrected chi connectivity index (χ1v) is 8.38. The molecule has 0 amide bonds. The Morgan fingerprint density at radius 3 is 2.64 bits per heavy atom. The van der Waals surface area contributed by atoms with Crippen LogP contribution in [0.4, 0.5) is 13.2 Å². The summed E-state index contributed by atoms with van der Waals surface area (Å²) in [5, 5.41) is 4.30. The molecule has 0 saturated carbocycles. The number of nitrogens with zero attached hydrogens (tertiary/aromatic N) is 5. The second-order valence-electron chi connectivity index (χ2n) is 7.51. The molecule has 6 nitrogen and oxygen atoms in total. The molecule has 0 aliphatic carbocycles. The first kappa shape index (κ1) is 17.9. The van der Waals surface area contributed by atoms with E-state index in [4.69, 9.17) is 0 Å². The third kappa shape index (κ3) is 4.02. The van der Waals surface area contributed by atoms with Gasteiger partial charge < -0.3 is 4.98 Å². The first-order chi connectivity index (χ1) is 11.6. The van der Waals surface area contributed by atoms with Gasteiger partial charge in [0.25, 0.3) is 0 Å². The number of likely N-dealkylation sites (tertiary alicyclic amines) is 1. The van der Waals surface area contributed by atoms with Crippen LogP contribution in [0.25, 0.3) is 0 Å². The lowest BCUT2D eigenvalue weighted by molar-refractivity contribution is -0.141. The van der Waals surface area contributed by atoms with Gasteiger partial charge in [0.05, 0.1) is 18.3 Å². The van der Waals surface area contributed by atoms with E-state index < -0.39 is 11.9 Å². The highest BCUT2D eigenvalue weighted by Gasteiger charge is 2.34. The van der Waals surface area contributed by atoms with Gasteiger partial charge >= 0.3 is 6.18 Å². The smallest absolute Gasteiger partial charge is 0.338 e. The fourth-order valence-corrected chi connectivity index (χ4v) is 3.24. The third-order valence-electron chi connectivity index (χ3n) is 4.41. The average Bonchev–Trinajstić information content (AvgIpc) is 3.15. The molecule has 0 radical (unpaired) electrons. The van der Waals surface area contributed by atoms with Crippen molar-refractivity contribution in [3.63, 3.8) is 0 Å². The maximum atomic E-state index is 12.8. The fourth-order valence-electron chi connectivity index (χ4n) is 3.24. The van der Waals surface area contributed by atoms with Gasteiger partial charge in [-0.05, 0) is 40.2 Å². The van der Waals surface area contributed by atoms with Crippen LogP contribution >= 0.6 is 0 Å². The fraction of sp³-hybridized carbons (Fsp3) is 0.688. The molecule has 1 fully saturated rings. The van der Waals surface area contributed by atoms with Crippen LogP contribution in [0.15, 0.2) is 12.5 Å². The lowest BCUT2D eigenvalue weighted by Gasteiger charge is -2.32. The number of halogens is 3. The van der Waals surface area contributed by atoms with Gasteiger partial charge in [-0.1, -0.05) is 0 Å². The number of imidazole rings is 1. The summed E-state index contributed by atoms with van der Waals surface area (Å²) in [5.41, 5.74) is -0.948. The Kier molecular flexibility index (Phi) is 4.61. The van der Waals surface area contributed by atoms with E-state index >= 15 is 0 Å². The standard InChI is InChI=1S/C16H23F3N6/c1-15(2,3)25-13(21-10-22-25)9-24-6-4-5-11(8-24)14-20-7-12(23-14)16(17,18)19/h7,10-11H,4-6,8-9H2,1-3H3,(H,20,23). The van der Waals surface area contributed by atoms with E-state index in [-0.39, 0.29) is 11.5 Å². The number of aromatic nitrogens is 5. The van der Waals surface area contributed by atoms with Gasteiger partial charge in [-0.3, -0.25) is 4.90 Å². The zero-order valence-electron chi connectivity index (χ0n) is 14.6. The molecule has 0 bridgehead atoms. The summed E-state index contributed by atoms with van der Waals surface area (Å²) in [6.45, 7) is 8.35. The first-order valence-electron chi connectivity index (χ1n) is 8.38. The van der Waals surface area contributed by atoms with Crippen molar-refractivity contribution in [3.8, 4) is 0 Å². The van der Waals surface area contributed by atoms with Crippen LogP contribution < -0.4 is 0 Å². The molecule has 138 valence electrons. The summed E-state index contributed by atoms with van der Waals surface area (Å²) in [4.78, 5) is 13.0. The summed E-state index contributed by atoms with van der Waals surface area (Å²) in [7, 11) is 0. The topological polar surface area (TPSA) is 62.6 Å². The molecule has 2 aromatic rings. The molecule has 0 aromatic carbocycles. The van der Waals surface area contributed by atoms with Gasteiger partial charge in [0.2, 0.25) is 0 Å². The molecule has 1 aliphatic heterocycles. The van der Waals surface area contributed by atoms with Gasteiger partial charge in [0, 0.05) is 12.5 Å².